The van der Waals surface area contributed by atoms with E-state index in [1.54, 1.807) is 0 Å². The molecule has 0 aromatic carbocycles. The van der Waals surface area contributed by atoms with Crippen molar-refractivity contribution in [3.05, 3.63) is 129 Å². The van der Waals surface area contributed by atoms with Gasteiger partial charge in [-0.2, -0.15) is 0 Å². The number of hydrogen-bond donors (Lipinski definition) is 4. The minimum absolute atomic E-state index is 0.128. The first-order valence-electron chi connectivity index (χ1n) is 9.26. The fourth-order valence-corrected chi connectivity index (χ4v) is 4.85. The monoisotopic (exact) mass is 475 g/mol. The van der Waals surface area contributed by atoms with E-state index in [0.29, 0.717) is 0 Å². The summed E-state index contributed by atoms with van der Waals surface area (Å²) >= 11 is 0. The minimum Gasteiger partial charge on any atom is -0.323 e. The molecule has 1 rings (SSSR count). The van der Waals surface area contributed by atoms with Gasteiger partial charge in [0.05, 0.1) is 11.4 Å². The molecule has 0 saturated heterocycles. The first-order chi connectivity index (χ1) is 15.0. The minimum atomic E-state index is -4.94. The summed E-state index contributed by atoms with van der Waals surface area (Å²) < 4.78 is 25.3. The maximum atomic E-state index is 12.6. The lowest BCUT2D eigenvalue weighted by Gasteiger charge is -2.31. The second-order valence-electron chi connectivity index (χ2n) is 6.53. The Labute approximate surface area is 188 Å². The topological polar surface area (TPSA) is 128 Å². The molecule has 0 radical (unpaired) electrons. The zero-order valence-electron chi connectivity index (χ0n) is 17.4. The van der Waals surface area contributed by atoms with Crippen LogP contribution in [0, 0.1) is 0 Å². The quantitative estimate of drug-likeness (QED) is 0.253. The van der Waals surface area contributed by atoms with Crippen molar-refractivity contribution in [2.45, 2.75) is 10.3 Å². The smallest absolute Gasteiger partial charge is 0.323 e. The third-order valence-electron chi connectivity index (χ3n) is 4.48. The summed E-state index contributed by atoms with van der Waals surface area (Å²) in [6.45, 7) is 14.1. The second kappa shape index (κ2) is 11.3. The highest BCUT2D eigenvalue weighted by atomic mass is 31.2. The zero-order chi connectivity index (χ0) is 24.5. The second-order valence-corrected chi connectivity index (χ2v) is 10.2. The lowest BCUT2D eigenvalue weighted by atomic mass is 9.97. The molecule has 0 aliphatic carbocycles. The fraction of sp³-hybridized carbons (Fsp3) is 0.0870. The molecule has 0 aliphatic heterocycles. The van der Waals surface area contributed by atoms with Gasteiger partial charge in [-0.05, 0) is 12.1 Å². The van der Waals surface area contributed by atoms with Crippen LogP contribution in [0.4, 0.5) is 0 Å². The Morgan fingerprint density at radius 2 is 0.938 bits per heavy atom. The average molecular weight is 475 g/mol. The van der Waals surface area contributed by atoms with Crippen molar-refractivity contribution in [1.29, 1.82) is 0 Å². The van der Waals surface area contributed by atoms with Gasteiger partial charge in [0.1, 0.15) is 0 Å². The molecule has 0 unspecified atom stereocenters. The van der Waals surface area contributed by atoms with Crippen LogP contribution in [0.2, 0.25) is 0 Å². The Morgan fingerprint density at radius 1 is 0.656 bits per heavy atom. The third-order valence-corrected chi connectivity index (χ3v) is 7.46. The highest BCUT2D eigenvalue weighted by Gasteiger charge is 2.49. The predicted molar refractivity (Wildman–Crippen MR) is 129 cm³/mol. The van der Waals surface area contributed by atoms with Crippen molar-refractivity contribution >= 4 is 15.2 Å². The van der Waals surface area contributed by atoms with Gasteiger partial charge in [0, 0.05) is 0 Å². The lowest BCUT2D eigenvalue weighted by Crippen LogP contribution is -2.27. The van der Waals surface area contributed by atoms with Crippen molar-refractivity contribution in [2.24, 2.45) is 0 Å². The number of nitrogens with zero attached hydrogens (tertiary/aromatic N) is 1. The highest BCUT2D eigenvalue weighted by molar-refractivity contribution is 7.54. The summed E-state index contributed by atoms with van der Waals surface area (Å²) in [5.41, 5.74) is -0.257. The Balaban J connectivity index is 4.12. The maximum absolute atomic E-state index is 12.6. The van der Waals surface area contributed by atoms with Crippen LogP contribution in [0.15, 0.2) is 117 Å². The summed E-state index contributed by atoms with van der Waals surface area (Å²) in [4.78, 5) is 45.4. The van der Waals surface area contributed by atoms with Crippen molar-refractivity contribution < 1.29 is 28.7 Å². The highest BCUT2D eigenvalue weighted by Crippen LogP contribution is 2.61. The average Bonchev–Trinajstić information content (AvgIpc) is 2.72. The van der Waals surface area contributed by atoms with Crippen molar-refractivity contribution in [2.75, 3.05) is 0 Å². The molecule has 4 N–H and O–H groups in total. The van der Waals surface area contributed by atoms with Gasteiger partial charge in [0.2, 0.25) is 0 Å². The van der Waals surface area contributed by atoms with Crippen LogP contribution in [0.5, 0.6) is 0 Å². The molecule has 0 spiro atoms. The van der Waals surface area contributed by atoms with Gasteiger partial charge in [-0.25, -0.2) is 0 Å². The van der Waals surface area contributed by atoms with E-state index < -0.39 is 25.5 Å². The Morgan fingerprint density at radius 3 is 1.16 bits per heavy atom. The number of hydrogen-bond acceptors (Lipinski definition) is 3. The predicted octanol–water partition coefficient (Wildman–Crippen LogP) is 4.80. The molecule has 0 amide bonds. The van der Waals surface area contributed by atoms with Gasteiger partial charge in [0.25, 0.3) is 0 Å². The summed E-state index contributed by atoms with van der Waals surface area (Å²) in [5, 5.41) is -4.06. The van der Waals surface area contributed by atoms with Crippen LogP contribution in [0.25, 0.3) is 0 Å². The van der Waals surface area contributed by atoms with E-state index in [1.165, 1.54) is 91.1 Å². The van der Waals surface area contributed by atoms with Crippen LogP contribution in [0.1, 0.15) is 11.4 Å². The van der Waals surface area contributed by atoms with E-state index in [-0.39, 0.29) is 11.4 Å². The van der Waals surface area contributed by atoms with Gasteiger partial charge in [-0.1, -0.05) is 105 Å². The van der Waals surface area contributed by atoms with Crippen molar-refractivity contribution in [1.82, 2.24) is 4.98 Å². The van der Waals surface area contributed by atoms with E-state index in [0.717, 1.165) is 0 Å². The molecule has 0 aliphatic rings. The van der Waals surface area contributed by atoms with E-state index in [2.05, 4.69) is 31.3 Å². The maximum Gasteiger partial charge on any atom is 0.345 e. The largest absolute Gasteiger partial charge is 0.345 e. The van der Waals surface area contributed by atoms with Crippen LogP contribution in [0.3, 0.4) is 0 Å². The summed E-state index contributed by atoms with van der Waals surface area (Å²) in [7, 11) is -9.87. The van der Waals surface area contributed by atoms with Gasteiger partial charge in [-0.3, -0.25) is 14.1 Å². The molecular weight excluding hydrogens is 448 g/mol. The van der Waals surface area contributed by atoms with Crippen LogP contribution in [-0.4, -0.2) is 24.6 Å². The summed E-state index contributed by atoms with van der Waals surface area (Å²) in [6.07, 6.45) is 15.7. The third kappa shape index (κ3) is 5.78. The first kappa shape index (κ1) is 27.4. The number of rotatable bonds is 12. The molecule has 9 heteroatoms. The van der Waals surface area contributed by atoms with Crippen molar-refractivity contribution in [3.8, 4) is 0 Å². The van der Waals surface area contributed by atoms with Crippen molar-refractivity contribution in [3.63, 3.8) is 0 Å². The molecule has 170 valence electrons. The fourth-order valence-electron chi connectivity index (χ4n) is 2.88. The molecule has 1 aromatic heterocycles. The Bertz CT molecular complexity index is 954. The van der Waals surface area contributed by atoms with E-state index in [1.807, 2.05) is 0 Å². The molecule has 0 fully saturated rings. The molecule has 0 saturated carbocycles. The van der Waals surface area contributed by atoms with Crippen LogP contribution < -0.4 is 0 Å². The molecule has 7 nitrogen and oxygen atoms in total. The lowest BCUT2D eigenvalue weighted by molar-refractivity contribution is 0.351. The van der Waals surface area contributed by atoms with E-state index in [4.69, 9.17) is 0 Å². The van der Waals surface area contributed by atoms with E-state index in [9.17, 15) is 28.7 Å². The van der Waals surface area contributed by atoms with Crippen LogP contribution >= 0.6 is 15.2 Å². The number of allylic oxidation sites excluding steroid dienone is 12. The number of aromatic nitrogens is 1. The van der Waals surface area contributed by atoms with Gasteiger partial charge < -0.3 is 19.6 Å². The Kier molecular flexibility index (Phi) is 9.68. The molecule has 0 bridgehead atoms. The van der Waals surface area contributed by atoms with Gasteiger partial charge in [-0.15, -0.1) is 0 Å². The molecule has 0 atom stereocenters. The number of pyridine rings is 1. The standard InChI is InChI=1S/C23H27NO6P2/c1-5-9-16-22(17-10-6-2,31(25,26)27)20-14-13-15-21(24-20)23(18-11-7-3,19-12-8-4)32(28,29)30/h5-19H,1-4H2,(H2,25,26,27)(H2,28,29,30). The van der Waals surface area contributed by atoms with Gasteiger partial charge in [0.15, 0.2) is 10.3 Å². The molecule has 1 heterocycles. The Hall–Kier alpha value is -2.63. The SMILES string of the molecule is C=CC=CC(C=CC=C)(c1cccc(C(C=CC=C)(C=CC=C)P(=O)(O)O)n1)P(=O)(O)O. The first-order valence-corrected chi connectivity index (χ1v) is 12.5. The van der Waals surface area contributed by atoms with Gasteiger partial charge >= 0.3 is 15.2 Å². The van der Waals surface area contributed by atoms with Crippen LogP contribution in [-0.2, 0) is 19.4 Å². The molecule has 32 heavy (non-hydrogen) atoms. The zero-order valence-corrected chi connectivity index (χ0v) is 19.2. The normalized spacial score (nSPS) is 16.9. The molecule has 1 aromatic rings. The molecular formula is C23H27NO6P2. The summed E-state index contributed by atoms with van der Waals surface area (Å²) in [6, 6.07) is 4.14. The van der Waals surface area contributed by atoms with E-state index >= 15 is 0 Å². The summed E-state index contributed by atoms with van der Waals surface area (Å²) in [5.74, 6) is 0.